The van der Waals surface area contributed by atoms with Gasteiger partial charge in [0.15, 0.2) is 6.29 Å². The number of hydrogen-bond donors (Lipinski definition) is 0. The van der Waals surface area contributed by atoms with Gasteiger partial charge in [-0.05, 0) is 35.7 Å². The van der Waals surface area contributed by atoms with Crippen molar-refractivity contribution in [3.8, 4) is 0 Å². The quantitative estimate of drug-likeness (QED) is 0.640. The number of benzene rings is 1. The maximum atomic E-state index is 10.9. The van der Waals surface area contributed by atoms with Crippen molar-refractivity contribution in [2.24, 2.45) is 0 Å². The lowest BCUT2D eigenvalue weighted by Crippen LogP contribution is -1.92. The number of imidazole rings is 1. The molecule has 78 valence electrons. The first-order chi connectivity index (χ1) is 7.79. The summed E-state index contributed by atoms with van der Waals surface area (Å²) < 4.78 is 2.88. The van der Waals surface area contributed by atoms with Crippen LogP contribution in [0.25, 0.3) is 16.6 Å². The normalized spacial score (nSPS) is 11.1. The summed E-state index contributed by atoms with van der Waals surface area (Å²) in [6, 6.07) is 9.85. The number of aldehydes is 1. The Hall–Kier alpha value is -1.68. The largest absolute Gasteiger partial charge is 0.296 e. The van der Waals surface area contributed by atoms with Crippen LogP contribution in [0.1, 0.15) is 10.5 Å². The molecule has 0 aliphatic rings. The first-order valence-corrected chi connectivity index (χ1v) is 5.60. The number of carbonyl (C=O) groups is 1. The Balaban J connectivity index is 2.56. The molecule has 0 N–H and O–H groups in total. The SMILES string of the molecule is O=Cc1cnc2ccc3cc(Br)ccc3n12. The number of hydrogen-bond acceptors (Lipinski definition) is 2. The number of nitrogens with zero attached hydrogens (tertiary/aromatic N) is 2. The molecule has 4 heteroatoms. The van der Waals surface area contributed by atoms with Gasteiger partial charge in [-0.2, -0.15) is 0 Å². The standard InChI is InChI=1S/C12H7BrN2O/c13-9-2-3-11-8(5-9)1-4-12-14-6-10(7-16)15(11)12/h1-7H. The number of carbonyl (C=O) groups excluding carboxylic acids is 1. The molecule has 0 spiro atoms. The van der Waals surface area contributed by atoms with Crippen LogP contribution >= 0.6 is 15.9 Å². The minimum atomic E-state index is 0.572. The highest BCUT2D eigenvalue weighted by Gasteiger charge is 2.05. The van der Waals surface area contributed by atoms with E-state index in [1.54, 1.807) is 6.20 Å². The number of fused-ring (bicyclic) bond motifs is 3. The third-order valence-corrected chi connectivity index (χ3v) is 3.07. The van der Waals surface area contributed by atoms with Crippen LogP contribution in [0.5, 0.6) is 0 Å². The van der Waals surface area contributed by atoms with Crippen molar-refractivity contribution in [2.75, 3.05) is 0 Å². The lowest BCUT2D eigenvalue weighted by Gasteiger charge is -2.03. The van der Waals surface area contributed by atoms with E-state index in [2.05, 4.69) is 20.9 Å². The van der Waals surface area contributed by atoms with Gasteiger partial charge in [0, 0.05) is 4.47 Å². The Morgan fingerprint density at radius 1 is 1.25 bits per heavy atom. The smallest absolute Gasteiger partial charge is 0.168 e. The van der Waals surface area contributed by atoms with E-state index in [9.17, 15) is 4.79 Å². The molecular formula is C12H7BrN2O. The van der Waals surface area contributed by atoms with Gasteiger partial charge in [-0.1, -0.05) is 15.9 Å². The van der Waals surface area contributed by atoms with Gasteiger partial charge in [0.2, 0.25) is 0 Å². The van der Waals surface area contributed by atoms with Crippen molar-refractivity contribution >= 4 is 38.8 Å². The van der Waals surface area contributed by atoms with Crippen LogP contribution in [0.2, 0.25) is 0 Å². The Bertz CT molecular complexity index is 703. The average Bonchev–Trinajstić information content (AvgIpc) is 2.71. The lowest BCUT2D eigenvalue weighted by atomic mass is 10.2. The second kappa shape index (κ2) is 3.42. The molecule has 0 aliphatic carbocycles. The minimum absolute atomic E-state index is 0.572. The summed E-state index contributed by atoms with van der Waals surface area (Å²) in [7, 11) is 0. The van der Waals surface area contributed by atoms with E-state index in [0.717, 1.165) is 27.3 Å². The maximum Gasteiger partial charge on any atom is 0.168 e. The Morgan fingerprint density at radius 2 is 2.12 bits per heavy atom. The molecule has 0 fully saturated rings. The molecule has 0 bridgehead atoms. The van der Waals surface area contributed by atoms with Crippen molar-refractivity contribution in [1.29, 1.82) is 0 Å². The van der Waals surface area contributed by atoms with Gasteiger partial charge in [-0.25, -0.2) is 4.98 Å². The summed E-state index contributed by atoms with van der Waals surface area (Å²) in [5.74, 6) is 0. The second-order valence-electron chi connectivity index (χ2n) is 3.53. The molecule has 0 radical (unpaired) electrons. The summed E-state index contributed by atoms with van der Waals surface area (Å²) in [4.78, 5) is 15.1. The first-order valence-electron chi connectivity index (χ1n) is 4.80. The van der Waals surface area contributed by atoms with Crippen molar-refractivity contribution < 1.29 is 4.79 Å². The fourth-order valence-electron chi connectivity index (χ4n) is 1.87. The summed E-state index contributed by atoms with van der Waals surface area (Å²) in [6.07, 6.45) is 2.41. The predicted octanol–water partition coefficient (Wildman–Crippen LogP) is 3.06. The fraction of sp³-hybridized carbons (Fsp3) is 0. The zero-order chi connectivity index (χ0) is 11.1. The summed E-state index contributed by atoms with van der Waals surface area (Å²) >= 11 is 3.43. The maximum absolute atomic E-state index is 10.9. The highest BCUT2D eigenvalue weighted by molar-refractivity contribution is 9.10. The van der Waals surface area contributed by atoms with E-state index in [-0.39, 0.29) is 0 Å². The molecule has 0 saturated heterocycles. The third kappa shape index (κ3) is 1.27. The minimum Gasteiger partial charge on any atom is -0.296 e. The van der Waals surface area contributed by atoms with E-state index in [0.29, 0.717) is 5.69 Å². The van der Waals surface area contributed by atoms with Crippen LogP contribution in [0.3, 0.4) is 0 Å². The van der Waals surface area contributed by atoms with Gasteiger partial charge in [0.1, 0.15) is 11.3 Å². The summed E-state index contributed by atoms with van der Waals surface area (Å²) in [5.41, 5.74) is 2.35. The highest BCUT2D eigenvalue weighted by atomic mass is 79.9. The van der Waals surface area contributed by atoms with Crippen molar-refractivity contribution in [3.05, 3.63) is 46.7 Å². The van der Waals surface area contributed by atoms with Crippen LogP contribution in [0.15, 0.2) is 41.0 Å². The zero-order valence-corrected chi connectivity index (χ0v) is 9.81. The number of rotatable bonds is 1. The van der Waals surface area contributed by atoms with Gasteiger partial charge in [-0.15, -0.1) is 0 Å². The number of halogens is 1. The molecule has 0 unspecified atom stereocenters. The summed E-state index contributed by atoms with van der Waals surface area (Å²) in [5, 5.41) is 1.07. The lowest BCUT2D eigenvalue weighted by molar-refractivity contribution is 0.111. The van der Waals surface area contributed by atoms with Crippen LogP contribution in [-0.2, 0) is 0 Å². The molecule has 3 aromatic rings. The molecule has 2 heterocycles. The van der Waals surface area contributed by atoms with Crippen LogP contribution in [0, 0.1) is 0 Å². The highest BCUT2D eigenvalue weighted by Crippen LogP contribution is 2.21. The molecule has 0 saturated carbocycles. The molecule has 2 aromatic heterocycles. The molecule has 16 heavy (non-hydrogen) atoms. The van der Waals surface area contributed by atoms with Crippen LogP contribution in [0.4, 0.5) is 0 Å². The van der Waals surface area contributed by atoms with Crippen molar-refractivity contribution in [1.82, 2.24) is 9.38 Å². The molecule has 0 amide bonds. The number of aromatic nitrogens is 2. The van der Waals surface area contributed by atoms with Gasteiger partial charge in [0.05, 0.1) is 11.7 Å². The van der Waals surface area contributed by atoms with Crippen molar-refractivity contribution in [2.45, 2.75) is 0 Å². The molecule has 1 aromatic carbocycles. The molecule has 3 nitrogen and oxygen atoms in total. The molecule has 3 rings (SSSR count). The average molecular weight is 275 g/mol. The van der Waals surface area contributed by atoms with Gasteiger partial charge >= 0.3 is 0 Å². The first kappa shape index (κ1) is 9.54. The fourth-order valence-corrected chi connectivity index (χ4v) is 2.25. The molecular weight excluding hydrogens is 268 g/mol. The monoisotopic (exact) mass is 274 g/mol. The van der Waals surface area contributed by atoms with Gasteiger partial charge < -0.3 is 0 Å². The van der Waals surface area contributed by atoms with Gasteiger partial charge in [-0.3, -0.25) is 9.20 Å². The Kier molecular flexibility index (Phi) is 2.04. The van der Waals surface area contributed by atoms with E-state index >= 15 is 0 Å². The van der Waals surface area contributed by atoms with E-state index in [4.69, 9.17) is 0 Å². The van der Waals surface area contributed by atoms with Crippen LogP contribution < -0.4 is 0 Å². The Morgan fingerprint density at radius 3 is 2.94 bits per heavy atom. The Labute approximate surface area is 99.8 Å². The third-order valence-electron chi connectivity index (χ3n) is 2.58. The predicted molar refractivity (Wildman–Crippen MR) is 65.8 cm³/mol. The summed E-state index contributed by atoms with van der Waals surface area (Å²) in [6.45, 7) is 0. The van der Waals surface area contributed by atoms with Crippen molar-refractivity contribution in [3.63, 3.8) is 0 Å². The zero-order valence-electron chi connectivity index (χ0n) is 8.22. The topological polar surface area (TPSA) is 34.4 Å². The number of pyridine rings is 1. The van der Waals surface area contributed by atoms with E-state index in [1.165, 1.54) is 0 Å². The molecule has 0 atom stereocenters. The van der Waals surface area contributed by atoms with E-state index in [1.807, 2.05) is 34.7 Å². The second-order valence-corrected chi connectivity index (χ2v) is 4.45. The molecule has 0 aliphatic heterocycles. The van der Waals surface area contributed by atoms with Crippen LogP contribution in [-0.4, -0.2) is 15.7 Å². The van der Waals surface area contributed by atoms with Gasteiger partial charge in [0.25, 0.3) is 0 Å². The van der Waals surface area contributed by atoms with E-state index < -0.39 is 0 Å².